The van der Waals surface area contributed by atoms with Crippen LogP contribution < -0.4 is 4.90 Å². The molecule has 2 heterocycles. The van der Waals surface area contributed by atoms with E-state index < -0.39 is 10.8 Å². The van der Waals surface area contributed by atoms with Crippen molar-refractivity contribution in [3.63, 3.8) is 0 Å². The fourth-order valence-corrected chi connectivity index (χ4v) is 19.5. The Morgan fingerprint density at radius 2 is 0.584 bits per heavy atom. The summed E-state index contributed by atoms with van der Waals surface area (Å²) in [7, 11) is 0. The molecule has 0 bridgehead atoms. The molecule has 2 aliphatic carbocycles. The quantitative estimate of drug-likeness (QED) is 0.109. The van der Waals surface area contributed by atoms with Crippen LogP contribution in [0.4, 0.5) is 17.1 Å². The molecule has 22 rings (SSSR count). The van der Waals surface area contributed by atoms with Crippen LogP contribution in [0.3, 0.4) is 0 Å². The molecule has 0 N–H and O–H groups in total. The van der Waals surface area contributed by atoms with Gasteiger partial charge < -0.3 is 9.47 Å². The van der Waals surface area contributed by atoms with Crippen LogP contribution in [0.2, 0.25) is 0 Å². The predicted molar refractivity (Wildman–Crippen MR) is 471 cm³/mol. The van der Waals surface area contributed by atoms with Crippen molar-refractivity contribution in [3.8, 4) is 94.7 Å². The second kappa shape index (κ2) is 26.7. The predicted octanol–water partition coefficient (Wildman–Crippen LogP) is 28.1. The lowest BCUT2D eigenvalue weighted by Crippen LogP contribution is -2.28. The minimum atomic E-state index is -0.485. The van der Waals surface area contributed by atoms with Crippen LogP contribution in [0.25, 0.3) is 138 Å². The summed E-state index contributed by atoms with van der Waals surface area (Å²) in [6, 6.07) is 157. The summed E-state index contributed by atoms with van der Waals surface area (Å²) < 4.78 is 12.6. The number of hydrogen-bond acceptors (Lipinski definition) is 4. The third kappa shape index (κ3) is 10.5. The maximum atomic E-state index is 5.06. The van der Waals surface area contributed by atoms with Crippen molar-refractivity contribution in [3.05, 3.63) is 469 Å². The van der Waals surface area contributed by atoms with Gasteiger partial charge in [-0.25, -0.2) is 0 Å². The Morgan fingerprint density at radius 3 is 1.09 bits per heavy atom. The molecule has 5 heteroatoms. The van der Waals surface area contributed by atoms with Gasteiger partial charge in [0, 0.05) is 33.4 Å². The summed E-state index contributed by atoms with van der Waals surface area (Å²) >= 11 is 1.26. The summed E-state index contributed by atoms with van der Waals surface area (Å²) in [5, 5.41) is 4.82. The van der Waals surface area contributed by atoms with Gasteiger partial charge in [0.15, 0.2) is 0 Å². The first-order valence-electron chi connectivity index (χ1n) is 38.8. The van der Waals surface area contributed by atoms with Crippen LogP contribution in [0.5, 0.6) is 0 Å². The maximum Gasteiger partial charge on any atom is 0.129 e. The molecule has 4 nitrogen and oxygen atoms in total. The van der Waals surface area contributed by atoms with Crippen LogP contribution in [0.1, 0.15) is 44.5 Å². The molecule has 0 saturated heterocycles. The smallest absolute Gasteiger partial charge is 0.129 e. The molecule has 528 valence electrons. The monoisotopic (exact) mass is 1450 g/mol. The Bertz CT molecular complexity index is 6690. The van der Waals surface area contributed by atoms with Gasteiger partial charge in [-0.15, -0.1) is 0 Å². The molecule has 20 aromatic rings. The molecule has 18 aromatic carbocycles. The van der Waals surface area contributed by atoms with Gasteiger partial charge in [-0.1, -0.05) is 340 Å². The lowest BCUT2D eigenvalue weighted by molar-refractivity contribution is 0.769. The molecule has 0 spiro atoms. The van der Waals surface area contributed by atoms with Crippen molar-refractivity contribution in [2.75, 3.05) is 4.90 Å². The highest BCUT2D eigenvalue weighted by molar-refractivity contribution is 7.00. The largest absolute Gasteiger partial charge is 0.309 e. The minimum Gasteiger partial charge on any atom is -0.309 e. The molecule has 0 radical (unpaired) electrons. The van der Waals surface area contributed by atoms with Crippen LogP contribution in [0.15, 0.2) is 425 Å². The topological polar surface area (TPSA) is 34.0 Å². The van der Waals surface area contributed by atoms with E-state index in [2.05, 4.69) is 434 Å². The second-order valence-electron chi connectivity index (χ2n) is 29.9. The average molecular weight is 1460 g/mol. The first-order chi connectivity index (χ1) is 56.0. The van der Waals surface area contributed by atoms with E-state index in [1.807, 2.05) is 0 Å². The molecule has 0 aliphatic heterocycles. The molecule has 0 saturated carbocycles. The lowest BCUT2D eigenvalue weighted by atomic mass is 9.67. The fourth-order valence-electron chi connectivity index (χ4n) is 18.9. The number of para-hydroxylation sites is 1. The van der Waals surface area contributed by atoms with E-state index in [1.165, 1.54) is 133 Å². The van der Waals surface area contributed by atoms with Gasteiger partial charge in [0.1, 0.15) is 11.0 Å². The van der Waals surface area contributed by atoms with Gasteiger partial charge in [0.25, 0.3) is 0 Å². The fraction of sp³-hybridized carbons (Fsp3) is 0.0185. The number of aromatic nitrogens is 3. The van der Waals surface area contributed by atoms with E-state index in [0.29, 0.717) is 0 Å². The van der Waals surface area contributed by atoms with E-state index in [4.69, 9.17) is 8.75 Å². The number of nitrogens with zero attached hydrogens (tertiary/aromatic N) is 4. The summed E-state index contributed by atoms with van der Waals surface area (Å²) in [6.45, 7) is 0. The maximum absolute atomic E-state index is 5.06. The van der Waals surface area contributed by atoms with Gasteiger partial charge in [0.05, 0.1) is 39.3 Å². The van der Waals surface area contributed by atoms with E-state index in [-0.39, 0.29) is 0 Å². The Morgan fingerprint density at radius 1 is 0.230 bits per heavy atom. The first-order valence-corrected chi connectivity index (χ1v) is 39.6. The number of anilines is 3. The van der Waals surface area contributed by atoms with Crippen molar-refractivity contribution < 1.29 is 0 Å². The third-order valence-electron chi connectivity index (χ3n) is 24.1. The molecule has 2 aliphatic rings. The lowest BCUT2D eigenvalue weighted by Gasteiger charge is -2.34. The first kappa shape index (κ1) is 65.7. The average Bonchev–Trinajstić information content (AvgIpc) is 1.55. The summed E-state index contributed by atoms with van der Waals surface area (Å²) in [5.41, 5.74) is 36.3. The van der Waals surface area contributed by atoms with Crippen molar-refractivity contribution in [1.29, 1.82) is 0 Å². The van der Waals surface area contributed by atoms with Gasteiger partial charge in [-0.3, -0.25) is 0 Å². The van der Waals surface area contributed by atoms with Crippen molar-refractivity contribution in [1.82, 2.24) is 13.3 Å². The zero-order valence-corrected chi connectivity index (χ0v) is 62.4. The molecule has 113 heavy (non-hydrogen) atoms. The molecule has 0 amide bonds. The number of hydrogen-bond donors (Lipinski definition) is 0. The highest BCUT2D eigenvalue weighted by atomic mass is 32.1. The van der Waals surface area contributed by atoms with Crippen LogP contribution >= 0.6 is 11.7 Å². The molecular weight excluding hydrogens is 1390 g/mol. The Labute approximate surface area is 660 Å². The molecule has 0 unspecified atom stereocenters. The summed E-state index contributed by atoms with van der Waals surface area (Å²) in [4.78, 5) is 2.30. The molecule has 0 atom stereocenters. The Balaban J connectivity index is 0.634. The standard InChI is InChI=1S/C108H70N4S/c1-6-25-82(26-7-1)107(83-27-8-2-9-28-83)98-39-20-18-36-92(98)94-61-53-80(69-100(94)107)73-45-41-71(42-46-73)78-55-64-102-96(67-78)97-68-79(72-43-47-74(48-44-72)81-54-62-95-93-37-19-21-40-99(93)108(101(95)70-81,84-29-10-3-11-30-84)85-31-12-4-13-32-85)56-65-103(97)112(102)88-59-51-77(52-60-88)91-63-66-104(106-105(91)109-113-110-106)111(86-33-14-5-15-34-86)87-57-49-76(50-58-87)90-38-22-24-75-23-16-17-35-89(75)90/h1-70H. The van der Waals surface area contributed by atoms with E-state index in [1.54, 1.807) is 0 Å². The zero-order chi connectivity index (χ0) is 74.6. The van der Waals surface area contributed by atoms with Crippen molar-refractivity contribution in [2.45, 2.75) is 10.8 Å². The molecule has 2 aromatic heterocycles. The minimum absolute atomic E-state index is 0.485. The number of benzene rings is 18. The van der Waals surface area contributed by atoms with Crippen LogP contribution in [-0.4, -0.2) is 13.3 Å². The van der Waals surface area contributed by atoms with Crippen LogP contribution in [0, 0.1) is 0 Å². The van der Waals surface area contributed by atoms with Gasteiger partial charge >= 0.3 is 0 Å². The highest BCUT2D eigenvalue weighted by Crippen LogP contribution is 2.59. The number of rotatable bonds is 14. The Kier molecular flexibility index (Phi) is 15.6. The number of fused-ring (bicyclic) bond motifs is 11. The van der Waals surface area contributed by atoms with Gasteiger partial charge in [0.2, 0.25) is 0 Å². The van der Waals surface area contributed by atoms with Gasteiger partial charge in [-0.2, -0.15) is 8.75 Å². The van der Waals surface area contributed by atoms with E-state index in [9.17, 15) is 0 Å². The summed E-state index contributed by atoms with van der Waals surface area (Å²) in [6.07, 6.45) is 0. The molecule has 0 fully saturated rings. The van der Waals surface area contributed by atoms with Crippen molar-refractivity contribution in [2.24, 2.45) is 0 Å². The van der Waals surface area contributed by atoms with Crippen molar-refractivity contribution >= 4 is 72.4 Å². The van der Waals surface area contributed by atoms with Gasteiger partial charge in [-0.05, 0) is 224 Å². The van der Waals surface area contributed by atoms with Crippen LogP contribution in [-0.2, 0) is 10.8 Å². The Hall–Kier alpha value is -14.4. The normalized spacial score (nSPS) is 12.9. The zero-order valence-electron chi connectivity index (χ0n) is 61.6. The highest BCUT2D eigenvalue weighted by Gasteiger charge is 2.48. The molecular formula is C108H70N4S. The summed E-state index contributed by atoms with van der Waals surface area (Å²) in [5.74, 6) is 0. The SMILES string of the molecule is c1ccc(N(c2ccc(-c3cccc4ccccc34)cc2)c2ccc(-c3ccc(-n4c5ccc(-c6ccc(-c7ccc8c(c7)C(c7ccccc7)(c7ccccc7)c7ccccc7-8)cc6)cc5c5cc(-c6ccc(-c7ccc8c(c7)C(c7ccccc7)(c7ccccc7)c7ccccc7-8)cc6)ccc54)cc3)c3nsnc23)cc1. The third-order valence-corrected chi connectivity index (χ3v) is 24.6. The second-order valence-corrected chi connectivity index (χ2v) is 30.4. The van der Waals surface area contributed by atoms with E-state index >= 15 is 0 Å². The van der Waals surface area contributed by atoms with E-state index in [0.717, 1.165) is 78.2 Å².